The van der Waals surface area contributed by atoms with E-state index in [-0.39, 0.29) is 34.3 Å². The van der Waals surface area contributed by atoms with Crippen molar-refractivity contribution in [2.75, 3.05) is 31.4 Å². The maximum absolute atomic E-state index is 12.9. The van der Waals surface area contributed by atoms with Crippen LogP contribution in [0.1, 0.15) is 24.2 Å². The Hall–Kier alpha value is -3.47. The van der Waals surface area contributed by atoms with Gasteiger partial charge in [-0.05, 0) is 32.0 Å². The van der Waals surface area contributed by atoms with Crippen LogP contribution in [0.25, 0.3) is 0 Å². The molecular weight excluding hydrogens is 424 g/mol. The van der Waals surface area contributed by atoms with Gasteiger partial charge in [-0.15, -0.1) is 0 Å². The Morgan fingerprint density at radius 2 is 1.71 bits per heavy atom. The standard InChI is InChI=1S/C20H24N4O6S/c1-4-23(5-2)19(25)14-22(3)20(26)17-11-6-7-12-18(17)21-31(29,30)16-10-8-9-15(13-16)24(27)28/h6-13,21H,4-5,14H2,1-3H3. The number of rotatable bonds is 9. The van der Waals surface area contributed by atoms with Crippen molar-refractivity contribution in [1.82, 2.24) is 9.80 Å². The minimum Gasteiger partial charge on any atom is -0.342 e. The molecule has 0 spiro atoms. The third kappa shape index (κ3) is 5.79. The average molecular weight is 449 g/mol. The Balaban J connectivity index is 2.29. The van der Waals surface area contributed by atoms with Gasteiger partial charge in [-0.1, -0.05) is 18.2 Å². The zero-order valence-corrected chi connectivity index (χ0v) is 18.3. The number of nitro groups is 1. The number of sulfonamides is 1. The summed E-state index contributed by atoms with van der Waals surface area (Å²) in [6, 6.07) is 10.5. The molecular formula is C20H24N4O6S. The Labute approximate surface area is 180 Å². The minimum atomic E-state index is -4.20. The smallest absolute Gasteiger partial charge is 0.270 e. The van der Waals surface area contributed by atoms with Gasteiger partial charge in [-0.3, -0.25) is 24.4 Å². The highest BCUT2D eigenvalue weighted by molar-refractivity contribution is 7.92. The fourth-order valence-electron chi connectivity index (χ4n) is 2.88. The number of carbonyl (C=O) groups is 2. The zero-order chi connectivity index (χ0) is 23.2. The van der Waals surface area contributed by atoms with Gasteiger partial charge < -0.3 is 9.80 Å². The summed E-state index contributed by atoms with van der Waals surface area (Å²) in [6.45, 7) is 4.53. The van der Waals surface area contributed by atoms with E-state index in [1.807, 2.05) is 13.8 Å². The third-order valence-electron chi connectivity index (χ3n) is 4.58. The summed E-state index contributed by atoms with van der Waals surface area (Å²) in [4.78, 5) is 37.9. The van der Waals surface area contributed by atoms with Crippen LogP contribution in [0.5, 0.6) is 0 Å². The lowest BCUT2D eigenvalue weighted by atomic mass is 10.1. The first-order valence-electron chi connectivity index (χ1n) is 9.50. The Bertz CT molecular complexity index is 1080. The number of hydrogen-bond donors (Lipinski definition) is 1. The molecule has 10 nitrogen and oxygen atoms in total. The van der Waals surface area contributed by atoms with Gasteiger partial charge in [-0.2, -0.15) is 0 Å². The van der Waals surface area contributed by atoms with Crippen molar-refractivity contribution in [1.29, 1.82) is 0 Å². The number of hydrogen-bond acceptors (Lipinski definition) is 6. The summed E-state index contributed by atoms with van der Waals surface area (Å²) in [7, 11) is -2.74. The van der Waals surface area contributed by atoms with Crippen LogP contribution in [0.15, 0.2) is 53.4 Å². The Morgan fingerprint density at radius 1 is 1.06 bits per heavy atom. The summed E-state index contributed by atoms with van der Waals surface area (Å²) in [5, 5.41) is 10.9. The van der Waals surface area contributed by atoms with E-state index in [0.29, 0.717) is 13.1 Å². The first-order chi connectivity index (χ1) is 14.6. The highest BCUT2D eigenvalue weighted by Crippen LogP contribution is 2.23. The summed E-state index contributed by atoms with van der Waals surface area (Å²) < 4.78 is 27.8. The van der Waals surface area contributed by atoms with Crippen LogP contribution in [0, 0.1) is 10.1 Å². The number of carbonyl (C=O) groups excluding carboxylic acids is 2. The SMILES string of the molecule is CCN(CC)C(=O)CN(C)C(=O)c1ccccc1NS(=O)(=O)c1cccc([N+](=O)[O-])c1. The van der Waals surface area contributed by atoms with Gasteiger partial charge in [0.1, 0.15) is 0 Å². The Morgan fingerprint density at radius 3 is 2.32 bits per heavy atom. The number of para-hydroxylation sites is 1. The van der Waals surface area contributed by atoms with Crippen LogP contribution in [0.2, 0.25) is 0 Å². The van der Waals surface area contributed by atoms with Crippen LogP contribution in [-0.2, 0) is 14.8 Å². The van der Waals surface area contributed by atoms with Crippen molar-refractivity contribution >= 4 is 33.2 Å². The molecule has 0 unspecified atom stereocenters. The molecule has 11 heteroatoms. The highest BCUT2D eigenvalue weighted by atomic mass is 32.2. The molecule has 0 aliphatic heterocycles. The predicted octanol–water partition coefficient (Wildman–Crippen LogP) is 2.34. The monoisotopic (exact) mass is 448 g/mol. The zero-order valence-electron chi connectivity index (χ0n) is 17.4. The van der Waals surface area contributed by atoms with Crippen molar-refractivity contribution in [3.8, 4) is 0 Å². The number of nitrogens with one attached hydrogen (secondary N) is 1. The van der Waals surface area contributed by atoms with Gasteiger partial charge in [0.25, 0.3) is 21.6 Å². The first-order valence-corrected chi connectivity index (χ1v) is 11.0. The largest absolute Gasteiger partial charge is 0.342 e. The van der Waals surface area contributed by atoms with Crippen molar-refractivity contribution in [2.45, 2.75) is 18.7 Å². The second kappa shape index (κ2) is 10.0. The van der Waals surface area contributed by atoms with Crippen LogP contribution in [0.3, 0.4) is 0 Å². The maximum atomic E-state index is 12.9. The van der Waals surface area contributed by atoms with E-state index in [1.165, 1.54) is 42.3 Å². The number of amides is 2. The molecule has 1 N–H and O–H groups in total. The molecule has 0 saturated carbocycles. The fraction of sp³-hybridized carbons (Fsp3) is 0.300. The molecule has 0 heterocycles. The van der Waals surface area contributed by atoms with E-state index >= 15 is 0 Å². The molecule has 0 atom stereocenters. The molecule has 2 rings (SSSR count). The number of nitrogens with zero attached hydrogens (tertiary/aromatic N) is 3. The molecule has 2 aromatic rings. The van der Waals surface area contributed by atoms with Crippen LogP contribution >= 0.6 is 0 Å². The molecule has 0 bridgehead atoms. The van der Waals surface area contributed by atoms with Crippen LogP contribution in [0.4, 0.5) is 11.4 Å². The molecule has 31 heavy (non-hydrogen) atoms. The van der Waals surface area contributed by atoms with E-state index in [2.05, 4.69) is 4.72 Å². The molecule has 0 aliphatic carbocycles. The van der Waals surface area contributed by atoms with Gasteiger partial charge in [0.05, 0.1) is 27.6 Å². The average Bonchev–Trinajstić information content (AvgIpc) is 2.74. The number of benzene rings is 2. The van der Waals surface area contributed by atoms with Gasteiger partial charge in [0, 0.05) is 32.3 Å². The molecule has 2 amide bonds. The topological polar surface area (TPSA) is 130 Å². The van der Waals surface area contributed by atoms with Crippen molar-refractivity contribution < 1.29 is 22.9 Å². The van der Waals surface area contributed by atoms with E-state index < -0.39 is 20.9 Å². The molecule has 2 aromatic carbocycles. The van der Waals surface area contributed by atoms with Crippen molar-refractivity contribution in [3.05, 3.63) is 64.2 Å². The second-order valence-electron chi connectivity index (χ2n) is 6.63. The predicted molar refractivity (Wildman–Crippen MR) is 115 cm³/mol. The van der Waals surface area contributed by atoms with Gasteiger partial charge in [0.2, 0.25) is 5.91 Å². The summed E-state index contributed by atoms with van der Waals surface area (Å²) in [5.74, 6) is -0.770. The quantitative estimate of drug-likeness (QED) is 0.463. The van der Waals surface area contributed by atoms with Crippen molar-refractivity contribution in [3.63, 3.8) is 0 Å². The van der Waals surface area contributed by atoms with Crippen LogP contribution < -0.4 is 4.72 Å². The number of anilines is 1. The van der Waals surface area contributed by atoms with Gasteiger partial charge >= 0.3 is 0 Å². The fourth-order valence-corrected chi connectivity index (χ4v) is 4.00. The third-order valence-corrected chi connectivity index (χ3v) is 5.94. The first kappa shape index (κ1) is 23.8. The summed E-state index contributed by atoms with van der Waals surface area (Å²) >= 11 is 0. The number of nitro benzene ring substituents is 1. The van der Waals surface area contributed by atoms with Crippen LogP contribution in [-0.4, -0.2) is 61.6 Å². The van der Waals surface area contributed by atoms with E-state index in [4.69, 9.17) is 0 Å². The lowest BCUT2D eigenvalue weighted by molar-refractivity contribution is -0.385. The molecule has 0 radical (unpaired) electrons. The van der Waals surface area contributed by atoms with E-state index in [0.717, 1.165) is 6.07 Å². The molecule has 0 aromatic heterocycles. The van der Waals surface area contributed by atoms with Crippen molar-refractivity contribution in [2.24, 2.45) is 0 Å². The number of likely N-dealkylation sites (N-methyl/N-ethyl adjacent to an activating group) is 2. The summed E-state index contributed by atoms with van der Waals surface area (Å²) in [6.07, 6.45) is 0. The Kier molecular flexibility index (Phi) is 7.70. The molecule has 166 valence electrons. The number of non-ortho nitro benzene ring substituents is 1. The van der Waals surface area contributed by atoms with E-state index in [1.54, 1.807) is 17.0 Å². The minimum absolute atomic E-state index is 0.00106. The van der Waals surface area contributed by atoms with Gasteiger partial charge in [0.15, 0.2) is 0 Å². The normalized spacial score (nSPS) is 10.9. The molecule has 0 fully saturated rings. The lowest BCUT2D eigenvalue weighted by Gasteiger charge is -2.24. The van der Waals surface area contributed by atoms with Gasteiger partial charge in [-0.25, -0.2) is 8.42 Å². The lowest BCUT2D eigenvalue weighted by Crippen LogP contribution is -2.41. The second-order valence-corrected chi connectivity index (χ2v) is 8.32. The summed E-state index contributed by atoms with van der Waals surface area (Å²) in [5.41, 5.74) is -0.325. The maximum Gasteiger partial charge on any atom is 0.270 e. The van der Waals surface area contributed by atoms with E-state index in [9.17, 15) is 28.1 Å². The molecule has 0 aliphatic rings. The highest BCUT2D eigenvalue weighted by Gasteiger charge is 2.23. The molecule has 0 saturated heterocycles.